The molecule has 0 fully saturated rings. The zero-order valence-electron chi connectivity index (χ0n) is 14.5. The van der Waals surface area contributed by atoms with Gasteiger partial charge in [0.1, 0.15) is 0 Å². The van der Waals surface area contributed by atoms with Crippen LogP contribution in [-0.2, 0) is 17.4 Å². The summed E-state index contributed by atoms with van der Waals surface area (Å²) < 4.78 is 37.7. The largest absolute Gasteiger partial charge is 0.416 e. The molecule has 2 nitrogen and oxygen atoms in total. The van der Waals surface area contributed by atoms with Crippen LogP contribution in [0.4, 0.5) is 13.2 Å². The normalized spacial score (nSPS) is 10.8. The first-order valence-electron chi connectivity index (χ1n) is 8.44. The van der Waals surface area contributed by atoms with E-state index in [1.165, 1.54) is 12.1 Å². The molecule has 1 N–H and O–H groups in total. The van der Waals surface area contributed by atoms with Gasteiger partial charge in [-0.15, -0.1) is 0 Å². The van der Waals surface area contributed by atoms with Gasteiger partial charge in [0.2, 0.25) is 5.91 Å². The summed E-state index contributed by atoms with van der Waals surface area (Å²) in [6.45, 7) is 2.70. The Bertz CT molecular complexity index is 798. The van der Waals surface area contributed by atoms with Gasteiger partial charge in [-0.1, -0.05) is 43.4 Å². The molecule has 0 aromatic heterocycles. The molecule has 2 rings (SSSR count). The van der Waals surface area contributed by atoms with Crippen molar-refractivity contribution < 1.29 is 18.0 Å². The quantitative estimate of drug-likeness (QED) is 0.615. The Balaban J connectivity index is 2.11. The van der Waals surface area contributed by atoms with E-state index in [2.05, 4.69) is 24.1 Å². The lowest BCUT2D eigenvalue weighted by Gasteiger charge is -2.06. The molecule has 0 spiro atoms. The molecule has 0 aliphatic carbocycles. The first kappa shape index (κ1) is 19.6. The van der Waals surface area contributed by atoms with Gasteiger partial charge < -0.3 is 5.32 Å². The maximum absolute atomic E-state index is 12.6. The highest BCUT2D eigenvalue weighted by Gasteiger charge is 2.29. The van der Waals surface area contributed by atoms with Crippen LogP contribution >= 0.6 is 0 Å². The second-order valence-electron chi connectivity index (χ2n) is 5.86. The number of nitrogens with one attached hydrogen (secondary N) is 1. The highest BCUT2D eigenvalue weighted by atomic mass is 19.4. The molecule has 0 aliphatic heterocycles. The molecule has 1 amide bonds. The van der Waals surface area contributed by atoms with Gasteiger partial charge in [0.15, 0.2) is 0 Å². The molecule has 2 aromatic rings. The lowest BCUT2D eigenvalue weighted by molar-refractivity contribution is -0.137. The van der Waals surface area contributed by atoms with Crippen molar-refractivity contribution in [1.29, 1.82) is 0 Å². The van der Waals surface area contributed by atoms with Crippen molar-refractivity contribution in [2.75, 3.05) is 6.54 Å². The van der Waals surface area contributed by atoms with Crippen molar-refractivity contribution in [2.45, 2.75) is 32.4 Å². The molecule has 0 aliphatic rings. The minimum Gasteiger partial charge on any atom is -0.356 e. The monoisotopic (exact) mass is 359 g/mol. The molecule has 0 bridgehead atoms. The number of hydrogen-bond donors (Lipinski definition) is 1. The van der Waals surface area contributed by atoms with Gasteiger partial charge >= 0.3 is 6.18 Å². The van der Waals surface area contributed by atoms with E-state index in [4.69, 9.17) is 0 Å². The zero-order chi connectivity index (χ0) is 19.0. The molecule has 0 heterocycles. The fourth-order valence-corrected chi connectivity index (χ4v) is 2.32. The molecular weight excluding hydrogens is 339 g/mol. The number of alkyl halides is 3. The average Bonchev–Trinajstić information content (AvgIpc) is 2.61. The van der Waals surface area contributed by atoms with Gasteiger partial charge in [-0.25, -0.2) is 0 Å². The Labute approximate surface area is 151 Å². The summed E-state index contributed by atoms with van der Waals surface area (Å²) in [6.07, 6.45) is -2.19. The molecule has 2 aromatic carbocycles. The van der Waals surface area contributed by atoms with Crippen LogP contribution in [0.5, 0.6) is 0 Å². The van der Waals surface area contributed by atoms with Crippen molar-refractivity contribution in [3.63, 3.8) is 0 Å². The van der Waals surface area contributed by atoms with Crippen LogP contribution in [-0.4, -0.2) is 12.5 Å². The Hall–Kier alpha value is -2.74. The van der Waals surface area contributed by atoms with E-state index in [1.807, 2.05) is 18.2 Å². The fraction of sp³-hybridized carbons (Fsp3) is 0.286. The number of halogens is 3. The third kappa shape index (κ3) is 5.96. The van der Waals surface area contributed by atoms with Gasteiger partial charge in [0.05, 0.1) is 12.0 Å². The van der Waals surface area contributed by atoms with Gasteiger partial charge in [-0.2, -0.15) is 13.2 Å². The third-order valence-electron chi connectivity index (χ3n) is 3.77. The molecule has 26 heavy (non-hydrogen) atoms. The number of hydrogen-bond acceptors (Lipinski definition) is 1. The smallest absolute Gasteiger partial charge is 0.356 e. The number of amides is 1. The van der Waals surface area contributed by atoms with Crippen LogP contribution in [0.2, 0.25) is 0 Å². The Morgan fingerprint density at radius 3 is 2.38 bits per heavy atom. The number of benzene rings is 2. The van der Waals surface area contributed by atoms with Crippen LogP contribution in [0.15, 0.2) is 48.5 Å². The van der Waals surface area contributed by atoms with Crippen LogP contribution in [0.25, 0.3) is 0 Å². The molecule has 0 saturated carbocycles. The first-order chi connectivity index (χ1) is 12.4. The molecular formula is C21H20F3NO. The summed E-state index contributed by atoms with van der Waals surface area (Å²) in [6, 6.07) is 12.0. The summed E-state index contributed by atoms with van der Waals surface area (Å²) >= 11 is 0. The van der Waals surface area contributed by atoms with Crippen LogP contribution in [0.3, 0.4) is 0 Å². The summed E-state index contributed by atoms with van der Waals surface area (Å²) in [5.41, 5.74) is 1.27. The lowest BCUT2D eigenvalue weighted by Crippen LogP contribution is -2.26. The van der Waals surface area contributed by atoms with Crippen LogP contribution in [0.1, 0.15) is 42.0 Å². The third-order valence-corrected chi connectivity index (χ3v) is 3.77. The molecule has 0 atom stereocenters. The van der Waals surface area contributed by atoms with Crippen molar-refractivity contribution in [2.24, 2.45) is 0 Å². The molecule has 5 heteroatoms. The highest BCUT2D eigenvalue weighted by Crippen LogP contribution is 2.28. The Morgan fingerprint density at radius 2 is 1.73 bits per heavy atom. The molecule has 0 radical (unpaired) electrons. The SMILES string of the molecule is CCCCNC(=O)Cc1ccccc1C#Cc1ccc(C(F)(F)F)cc1. The van der Waals surface area contributed by atoms with Gasteiger partial charge in [0, 0.05) is 17.7 Å². The van der Waals surface area contributed by atoms with Crippen LogP contribution in [0, 0.1) is 11.8 Å². The minimum atomic E-state index is -4.36. The van der Waals surface area contributed by atoms with Gasteiger partial charge in [-0.05, 0) is 42.3 Å². The average molecular weight is 359 g/mol. The van der Waals surface area contributed by atoms with Gasteiger partial charge in [-0.3, -0.25) is 4.79 Å². The summed E-state index contributed by atoms with van der Waals surface area (Å²) in [5.74, 6) is 5.74. The fourth-order valence-electron chi connectivity index (χ4n) is 2.32. The standard InChI is InChI=1S/C21H20F3NO/c1-2-3-14-25-20(26)15-18-7-5-4-6-17(18)11-8-16-9-12-19(13-10-16)21(22,23)24/h4-7,9-10,12-13H,2-3,14-15H2,1H3,(H,25,26). The van der Waals surface area contributed by atoms with E-state index in [9.17, 15) is 18.0 Å². The Kier molecular flexibility index (Phi) is 6.85. The molecule has 0 saturated heterocycles. The van der Waals surface area contributed by atoms with Gasteiger partial charge in [0.25, 0.3) is 0 Å². The number of carbonyl (C=O) groups excluding carboxylic acids is 1. The zero-order valence-corrected chi connectivity index (χ0v) is 14.5. The van der Waals surface area contributed by atoms with Crippen molar-refractivity contribution in [3.8, 4) is 11.8 Å². The van der Waals surface area contributed by atoms with E-state index in [1.54, 1.807) is 6.07 Å². The Morgan fingerprint density at radius 1 is 1.04 bits per heavy atom. The second-order valence-corrected chi connectivity index (χ2v) is 5.86. The topological polar surface area (TPSA) is 29.1 Å². The van der Waals surface area contributed by atoms with E-state index in [-0.39, 0.29) is 12.3 Å². The first-order valence-corrected chi connectivity index (χ1v) is 8.44. The summed E-state index contributed by atoms with van der Waals surface area (Å²) in [7, 11) is 0. The van der Waals surface area contributed by atoms with Crippen molar-refractivity contribution in [1.82, 2.24) is 5.32 Å². The summed E-state index contributed by atoms with van der Waals surface area (Å²) in [4.78, 5) is 12.0. The second kappa shape index (κ2) is 9.10. The molecule has 136 valence electrons. The number of carbonyl (C=O) groups is 1. The van der Waals surface area contributed by atoms with E-state index in [0.717, 1.165) is 30.5 Å². The predicted octanol–water partition coefficient (Wildman–Crippen LogP) is 4.56. The van der Waals surface area contributed by atoms with E-state index < -0.39 is 11.7 Å². The number of unbranched alkanes of at least 4 members (excludes halogenated alkanes) is 1. The summed E-state index contributed by atoms with van der Waals surface area (Å²) in [5, 5.41) is 2.86. The van der Waals surface area contributed by atoms with Crippen molar-refractivity contribution in [3.05, 3.63) is 70.8 Å². The number of rotatable bonds is 5. The van der Waals surface area contributed by atoms with E-state index in [0.29, 0.717) is 17.7 Å². The highest BCUT2D eigenvalue weighted by molar-refractivity contribution is 5.79. The lowest BCUT2D eigenvalue weighted by atomic mass is 10.0. The van der Waals surface area contributed by atoms with Crippen LogP contribution < -0.4 is 5.32 Å². The van der Waals surface area contributed by atoms with E-state index >= 15 is 0 Å². The predicted molar refractivity (Wildman–Crippen MR) is 95.5 cm³/mol. The van der Waals surface area contributed by atoms with Crippen molar-refractivity contribution >= 4 is 5.91 Å². The minimum absolute atomic E-state index is 0.0674. The maximum Gasteiger partial charge on any atom is 0.416 e. The maximum atomic E-state index is 12.6. The molecule has 0 unspecified atom stereocenters.